The van der Waals surface area contributed by atoms with Gasteiger partial charge in [-0.3, -0.25) is 4.79 Å². The van der Waals surface area contributed by atoms with Gasteiger partial charge in [0.05, 0.1) is 11.5 Å². The van der Waals surface area contributed by atoms with E-state index in [1.165, 1.54) is 0 Å². The average Bonchev–Trinajstić information content (AvgIpc) is 2.76. The molecule has 16 heavy (non-hydrogen) atoms. The van der Waals surface area contributed by atoms with Crippen molar-refractivity contribution in [1.29, 1.82) is 0 Å². The maximum atomic E-state index is 11.9. The smallest absolute Gasteiger partial charge is 0.315 e. The van der Waals surface area contributed by atoms with Gasteiger partial charge in [0.25, 0.3) is 0 Å². The van der Waals surface area contributed by atoms with E-state index in [0.29, 0.717) is 0 Å². The van der Waals surface area contributed by atoms with Crippen molar-refractivity contribution >= 4 is 5.97 Å². The summed E-state index contributed by atoms with van der Waals surface area (Å²) >= 11 is 0. The van der Waals surface area contributed by atoms with Gasteiger partial charge in [-0.15, -0.1) is 0 Å². The van der Waals surface area contributed by atoms with Crippen LogP contribution in [0, 0.1) is 5.41 Å². The third-order valence-electron chi connectivity index (χ3n) is 2.84. The molecule has 0 unspecified atom stereocenters. The zero-order valence-corrected chi connectivity index (χ0v) is 11.1. The molecule has 0 bridgehead atoms. The largest absolute Gasteiger partial charge is 0.459 e. The highest BCUT2D eigenvalue weighted by molar-refractivity contribution is 5.81. The van der Waals surface area contributed by atoms with Crippen molar-refractivity contribution in [1.82, 2.24) is 0 Å². The SMILES string of the molecule is CCCCO[C@H]1C[C@]1(C)C(=O)OC(C)(C)C. The number of unbranched alkanes of at least 4 members (excludes halogenated alkanes) is 1. The van der Waals surface area contributed by atoms with Gasteiger partial charge in [0.15, 0.2) is 0 Å². The zero-order chi connectivity index (χ0) is 12.4. The Balaban J connectivity index is 2.35. The first-order chi connectivity index (χ1) is 7.29. The Morgan fingerprint density at radius 1 is 1.44 bits per heavy atom. The Bertz CT molecular complexity index is 254. The van der Waals surface area contributed by atoms with Crippen LogP contribution in [0.2, 0.25) is 0 Å². The van der Waals surface area contributed by atoms with Crippen LogP contribution < -0.4 is 0 Å². The van der Waals surface area contributed by atoms with E-state index in [9.17, 15) is 4.79 Å². The van der Waals surface area contributed by atoms with E-state index in [1.807, 2.05) is 27.7 Å². The van der Waals surface area contributed by atoms with E-state index >= 15 is 0 Å². The van der Waals surface area contributed by atoms with E-state index in [4.69, 9.17) is 9.47 Å². The van der Waals surface area contributed by atoms with Gasteiger partial charge in [0.1, 0.15) is 5.60 Å². The lowest BCUT2D eigenvalue weighted by Gasteiger charge is -2.22. The Morgan fingerprint density at radius 3 is 2.56 bits per heavy atom. The molecule has 1 aliphatic carbocycles. The molecular formula is C13H24O3. The molecule has 0 aromatic carbocycles. The minimum atomic E-state index is -0.406. The van der Waals surface area contributed by atoms with Crippen molar-refractivity contribution in [3.8, 4) is 0 Å². The van der Waals surface area contributed by atoms with Crippen molar-refractivity contribution in [2.24, 2.45) is 5.41 Å². The van der Waals surface area contributed by atoms with E-state index in [0.717, 1.165) is 25.9 Å². The van der Waals surface area contributed by atoms with Gasteiger partial charge < -0.3 is 9.47 Å². The normalized spacial score (nSPS) is 28.9. The molecule has 0 heterocycles. The molecule has 0 aromatic rings. The highest BCUT2D eigenvalue weighted by Crippen LogP contribution is 2.49. The third-order valence-corrected chi connectivity index (χ3v) is 2.84. The van der Waals surface area contributed by atoms with E-state index in [-0.39, 0.29) is 12.1 Å². The summed E-state index contributed by atoms with van der Waals surface area (Å²) in [6.45, 7) is 10.5. The fraction of sp³-hybridized carbons (Fsp3) is 0.923. The number of hydrogen-bond acceptors (Lipinski definition) is 3. The molecule has 0 saturated heterocycles. The second-order valence-electron chi connectivity index (χ2n) is 5.84. The van der Waals surface area contributed by atoms with Crippen LogP contribution in [0.3, 0.4) is 0 Å². The second-order valence-corrected chi connectivity index (χ2v) is 5.84. The molecule has 1 rings (SSSR count). The number of ether oxygens (including phenoxy) is 2. The van der Waals surface area contributed by atoms with Crippen LogP contribution >= 0.6 is 0 Å². The van der Waals surface area contributed by atoms with Gasteiger partial charge in [-0.1, -0.05) is 13.3 Å². The lowest BCUT2D eigenvalue weighted by atomic mass is 10.1. The van der Waals surface area contributed by atoms with Crippen molar-refractivity contribution < 1.29 is 14.3 Å². The number of rotatable bonds is 5. The standard InChI is InChI=1S/C13H24O3/c1-6-7-8-15-10-9-13(10,5)11(14)16-12(2,3)4/h10H,6-9H2,1-5H3/t10-,13-/m0/s1. The van der Waals surface area contributed by atoms with Crippen LogP contribution in [-0.2, 0) is 14.3 Å². The predicted molar refractivity (Wildman–Crippen MR) is 63.2 cm³/mol. The lowest BCUT2D eigenvalue weighted by molar-refractivity contribution is -0.162. The van der Waals surface area contributed by atoms with Gasteiger partial charge in [-0.2, -0.15) is 0 Å². The maximum Gasteiger partial charge on any atom is 0.315 e. The summed E-state index contributed by atoms with van der Waals surface area (Å²) in [6.07, 6.45) is 3.04. The minimum absolute atomic E-state index is 0.0638. The predicted octanol–water partition coefficient (Wildman–Crippen LogP) is 2.92. The van der Waals surface area contributed by atoms with Crippen LogP contribution in [0.15, 0.2) is 0 Å². The molecule has 0 radical (unpaired) electrons. The Kier molecular flexibility index (Phi) is 4.00. The van der Waals surface area contributed by atoms with Gasteiger partial charge in [-0.25, -0.2) is 0 Å². The lowest BCUT2D eigenvalue weighted by Crippen LogP contribution is -2.30. The first-order valence-electron chi connectivity index (χ1n) is 6.14. The van der Waals surface area contributed by atoms with E-state index in [1.54, 1.807) is 0 Å². The zero-order valence-electron chi connectivity index (χ0n) is 11.1. The molecule has 0 aliphatic heterocycles. The minimum Gasteiger partial charge on any atom is -0.459 e. The number of carbonyl (C=O) groups excluding carboxylic acids is 1. The molecule has 3 heteroatoms. The fourth-order valence-corrected chi connectivity index (χ4v) is 1.55. The summed E-state index contributed by atoms with van der Waals surface area (Å²) in [7, 11) is 0. The van der Waals surface area contributed by atoms with Crippen LogP contribution in [0.5, 0.6) is 0 Å². The Morgan fingerprint density at radius 2 is 2.06 bits per heavy atom. The summed E-state index contributed by atoms with van der Waals surface area (Å²) in [6, 6.07) is 0. The van der Waals surface area contributed by atoms with Crippen LogP contribution in [0.4, 0.5) is 0 Å². The van der Waals surface area contributed by atoms with Gasteiger partial charge >= 0.3 is 5.97 Å². The van der Waals surface area contributed by atoms with Crippen LogP contribution in [0.1, 0.15) is 53.9 Å². The quantitative estimate of drug-likeness (QED) is 0.536. The molecule has 0 aromatic heterocycles. The molecule has 3 nitrogen and oxygen atoms in total. The molecule has 1 saturated carbocycles. The molecule has 0 spiro atoms. The summed E-state index contributed by atoms with van der Waals surface area (Å²) in [5, 5.41) is 0. The topological polar surface area (TPSA) is 35.5 Å². The third kappa shape index (κ3) is 3.48. The van der Waals surface area contributed by atoms with Gasteiger partial charge in [0.2, 0.25) is 0 Å². The highest BCUT2D eigenvalue weighted by Gasteiger charge is 2.59. The monoisotopic (exact) mass is 228 g/mol. The van der Waals surface area contributed by atoms with Crippen LogP contribution in [-0.4, -0.2) is 24.3 Å². The highest BCUT2D eigenvalue weighted by atomic mass is 16.6. The number of hydrogen-bond donors (Lipinski definition) is 0. The molecule has 0 N–H and O–H groups in total. The fourth-order valence-electron chi connectivity index (χ4n) is 1.55. The molecular weight excluding hydrogens is 204 g/mol. The van der Waals surface area contributed by atoms with Crippen molar-refractivity contribution in [2.45, 2.75) is 65.6 Å². The van der Waals surface area contributed by atoms with Crippen molar-refractivity contribution in [3.05, 3.63) is 0 Å². The first kappa shape index (κ1) is 13.5. The summed E-state index contributed by atoms with van der Waals surface area (Å²) in [5.41, 5.74) is -0.808. The Hall–Kier alpha value is -0.570. The summed E-state index contributed by atoms with van der Waals surface area (Å²) in [4.78, 5) is 11.9. The van der Waals surface area contributed by atoms with E-state index in [2.05, 4.69) is 6.92 Å². The summed E-state index contributed by atoms with van der Waals surface area (Å²) < 4.78 is 11.0. The molecule has 94 valence electrons. The summed E-state index contributed by atoms with van der Waals surface area (Å²) in [5.74, 6) is -0.124. The van der Waals surface area contributed by atoms with Crippen molar-refractivity contribution in [3.63, 3.8) is 0 Å². The van der Waals surface area contributed by atoms with Gasteiger partial charge in [-0.05, 0) is 40.5 Å². The molecule has 1 fully saturated rings. The molecule has 2 atom stereocenters. The molecule has 0 amide bonds. The number of esters is 1. The molecule has 1 aliphatic rings. The maximum absolute atomic E-state index is 11.9. The van der Waals surface area contributed by atoms with Crippen LogP contribution in [0.25, 0.3) is 0 Å². The second kappa shape index (κ2) is 4.74. The van der Waals surface area contributed by atoms with Crippen molar-refractivity contribution in [2.75, 3.05) is 6.61 Å². The average molecular weight is 228 g/mol. The Labute approximate surface area is 98.5 Å². The number of carbonyl (C=O) groups is 1. The van der Waals surface area contributed by atoms with Gasteiger partial charge in [0, 0.05) is 6.61 Å². The first-order valence-corrected chi connectivity index (χ1v) is 6.14. The van der Waals surface area contributed by atoms with E-state index < -0.39 is 11.0 Å².